The molecule has 3 aromatic rings. The molecule has 0 saturated carbocycles. The third-order valence-electron chi connectivity index (χ3n) is 5.40. The third kappa shape index (κ3) is 4.70. The van der Waals surface area contributed by atoms with Gasteiger partial charge in [0.25, 0.3) is 0 Å². The molecule has 0 radical (unpaired) electrons. The zero-order valence-corrected chi connectivity index (χ0v) is 16.3. The predicted molar refractivity (Wildman–Crippen MR) is 115 cm³/mol. The number of benzene rings is 2. The molecule has 1 aliphatic rings. The Labute approximate surface area is 170 Å². The van der Waals surface area contributed by atoms with Gasteiger partial charge in [0.1, 0.15) is 5.69 Å². The number of nitrogens with zero attached hydrogens (tertiary/aromatic N) is 4. The minimum Gasteiger partial charge on any atom is -0.378 e. The predicted octanol–water partition coefficient (Wildman–Crippen LogP) is 3.37. The molecule has 7 heteroatoms. The number of hydrogen-bond acceptors (Lipinski definition) is 6. The minimum atomic E-state index is -0.325. The van der Waals surface area contributed by atoms with E-state index < -0.39 is 0 Å². The van der Waals surface area contributed by atoms with E-state index in [0.717, 1.165) is 39.3 Å². The van der Waals surface area contributed by atoms with Crippen molar-refractivity contribution in [2.24, 2.45) is 0 Å². The Morgan fingerprint density at radius 2 is 1.72 bits per heavy atom. The van der Waals surface area contributed by atoms with Crippen molar-refractivity contribution in [2.45, 2.75) is 6.54 Å². The number of nitro benzene ring substituents is 1. The van der Waals surface area contributed by atoms with Crippen molar-refractivity contribution in [3.63, 3.8) is 0 Å². The van der Waals surface area contributed by atoms with Crippen LogP contribution in [-0.4, -0.2) is 59.0 Å². The van der Waals surface area contributed by atoms with Crippen molar-refractivity contribution in [3.8, 4) is 0 Å². The van der Waals surface area contributed by atoms with Gasteiger partial charge in [0.05, 0.1) is 15.8 Å². The summed E-state index contributed by atoms with van der Waals surface area (Å²) in [5.41, 5.74) is 2.64. The van der Waals surface area contributed by atoms with Gasteiger partial charge in [-0.05, 0) is 29.8 Å². The topological polar surface area (TPSA) is 74.5 Å². The Balaban J connectivity index is 1.30. The Morgan fingerprint density at radius 3 is 2.48 bits per heavy atom. The average molecular weight is 391 g/mol. The summed E-state index contributed by atoms with van der Waals surface area (Å²) in [7, 11) is 0. The number of piperazine rings is 1. The molecule has 150 valence electrons. The Hall–Kier alpha value is -3.03. The minimum absolute atomic E-state index is 0.100. The van der Waals surface area contributed by atoms with Crippen LogP contribution in [0.4, 0.5) is 11.4 Å². The molecule has 1 fully saturated rings. The molecule has 4 rings (SSSR count). The van der Waals surface area contributed by atoms with Crippen LogP contribution in [0.25, 0.3) is 10.9 Å². The molecule has 1 saturated heterocycles. The largest absolute Gasteiger partial charge is 0.378 e. The lowest BCUT2D eigenvalue weighted by molar-refractivity contribution is -0.382. The summed E-state index contributed by atoms with van der Waals surface area (Å²) in [6, 6.07) is 17.6. The van der Waals surface area contributed by atoms with Gasteiger partial charge in [-0.1, -0.05) is 30.3 Å². The van der Waals surface area contributed by atoms with Crippen LogP contribution in [0.3, 0.4) is 0 Å². The van der Waals surface area contributed by atoms with Crippen LogP contribution in [-0.2, 0) is 6.54 Å². The van der Waals surface area contributed by atoms with E-state index in [1.165, 1.54) is 5.56 Å². The SMILES string of the molecule is O=[N+]([O-])c1c(NCCN2CCN(Cc3ccccc3)CC2)ccc2ncccc12. The number of nitrogens with one attached hydrogen (secondary N) is 1. The molecule has 2 aromatic carbocycles. The second-order valence-electron chi connectivity index (χ2n) is 7.32. The van der Waals surface area contributed by atoms with Gasteiger partial charge in [-0.25, -0.2) is 0 Å². The van der Waals surface area contributed by atoms with Crippen molar-refractivity contribution in [1.82, 2.24) is 14.8 Å². The second-order valence-corrected chi connectivity index (χ2v) is 7.32. The summed E-state index contributed by atoms with van der Waals surface area (Å²) in [5, 5.41) is 15.4. The highest BCUT2D eigenvalue weighted by Gasteiger charge is 2.20. The Kier molecular flexibility index (Phi) is 5.97. The molecular formula is C22H25N5O2. The molecule has 0 atom stereocenters. The molecule has 1 aromatic heterocycles. The second kappa shape index (κ2) is 8.98. The lowest BCUT2D eigenvalue weighted by Crippen LogP contribution is -2.47. The first kappa shape index (κ1) is 19.3. The monoisotopic (exact) mass is 391 g/mol. The van der Waals surface area contributed by atoms with E-state index in [9.17, 15) is 10.1 Å². The maximum Gasteiger partial charge on any atom is 0.301 e. The van der Waals surface area contributed by atoms with Gasteiger partial charge in [0.15, 0.2) is 0 Å². The number of aromatic nitrogens is 1. The fraction of sp³-hybridized carbons (Fsp3) is 0.318. The van der Waals surface area contributed by atoms with Gasteiger partial charge in [-0.3, -0.25) is 24.9 Å². The summed E-state index contributed by atoms with van der Waals surface area (Å²) in [5.74, 6) is 0. The highest BCUT2D eigenvalue weighted by atomic mass is 16.6. The van der Waals surface area contributed by atoms with E-state index in [1.54, 1.807) is 24.4 Å². The van der Waals surface area contributed by atoms with Crippen LogP contribution in [0, 0.1) is 10.1 Å². The Bertz CT molecular complexity index is 971. The molecule has 0 unspecified atom stereocenters. The zero-order chi connectivity index (χ0) is 20.1. The van der Waals surface area contributed by atoms with E-state index in [-0.39, 0.29) is 10.6 Å². The Morgan fingerprint density at radius 1 is 0.966 bits per heavy atom. The van der Waals surface area contributed by atoms with E-state index in [0.29, 0.717) is 23.1 Å². The first-order chi connectivity index (χ1) is 14.2. The summed E-state index contributed by atoms with van der Waals surface area (Å²) in [6.07, 6.45) is 1.65. The standard InChI is InChI=1S/C22H25N5O2/c28-27(29)22-19-7-4-10-23-20(19)8-9-21(22)24-11-12-25-13-15-26(16-14-25)17-18-5-2-1-3-6-18/h1-10,24H,11-17H2. The lowest BCUT2D eigenvalue weighted by atomic mass is 10.1. The average Bonchev–Trinajstić information content (AvgIpc) is 2.75. The highest BCUT2D eigenvalue weighted by molar-refractivity contribution is 5.94. The maximum atomic E-state index is 11.6. The van der Waals surface area contributed by atoms with Gasteiger partial charge in [-0.2, -0.15) is 0 Å². The summed E-state index contributed by atoms with van der Waals surface area (Å²) in [6.45, 7) is 6.63. The lowest BCUT2D eigenvalue weighted by Gasteiger charge is -2.34. The molecule has 1 aliphatic heterocycles. The number of anilines is 1. The van der Waals surface area contributed by atoms with Gasteiger partial charge in [-0.15, -0.1) is 0 Å². The molecular weight excluding hydrogens is 366 g/mol. The number of pyridine rings is 1. The van der Waals surface area contributed by atoms with Crippen LogP contribution >= 0.6 is 0 Å². The number of fused-ring (bicyclic) bond motifs is 1. The van der Waals surface area contributed by atoms with Crippen molar-refractivity contribution in [3.05, 3.63) is 76.5 Å². The van der Waals surface area contributed by atoms with Gasteiger partial charge in [0.2, 0.25) is 0 Å². The van der Waals surface area contributed by atoms with Gasteiger partial charge < -0.3 is 5.32 Å². The van der Waals surface area contributed by atoms with Crippen LogP contribution < -0.4 is 5.32 Å². The van der Waals surface area contributed by atoms with Crippen molar-refractivity contribution in [1.29, 1.82) is 0 Å². The molecule has 7 nitrogen and oxygen atoms in total. The van der Waals surface area contributed by atoms with Gasteiger partial charge >= 0.3 is 5.69 Å². The normalized spacial score (nSPS) is 15.4. The molecule has 1 N–H and O–H groups in total. The van der Waals surface area contributed by atoms with Crippen molar-refractivity contribution < 1.29 is 4.92 Å². The molecule has 0 bridgehead atoms. The fourth-order valence-electron chi connectivity index (χ4n) is 3.84. The summed E-state index contributed by atoms with van der Waals surface area (Å²) >= 11 is 0. The maximum absolute atomic E-state index is 11.6. The fourth-order valence-corrected chi connectivity index (χ4v) is 3.84. The molecule has 0 aliphatic carbocycles. The van der Waals surface area contributed by atoms with E-state index >= 15 is 0 Å². The zero-order valence-electron chi connectivity index (χ0n) is 16.3. The quantitative estimate of drug-likeness (QED) is 0.492. The van der Waals surface area contributed by atoms with Crippen molar-refractivity contribution >= 4 is 22.3 Å². The van der Waals surface area contributed by atoms with Crippen LogP contribution in [0.15, 0.2) is 60.8 Å². The first-order valence-corrected chi connectivity index (χ1v) is 9.95. The molecule has 2 heterocycles. The van der Waals surface area contributed by atoms with Gasteiger partial charge in [0, 0.05) is 52.0 Å². The summed E-state index contributed by atoms with van der Waals surface area (Å²) in [4.78, 5) is 20.4. The first-order valence-electron chi connectivity index (χ1n) is 9.95. The number of nitro groups is 1. The molecule has 0 spiro atoms. The van der Waals surface area contributed by atoms with E-state index in [1.807, 2.05) is 12.1 Å². The smallest absolute Gasteiger partial charge is 0.301 e. The van der Waals surface area contributed by atoms with E-state index in [4.69, 9.17) is 0 Å². The van der Waals surface area contributed by atoms with E-state index in [2.05, 4.69) is 44.4 Å². The van der Waals surface area contributed by atoms with Crippen LogP contribution in [0.2, 0.25) is 0 Å². The highest BCUT2D eigenvalue weighted by Crippen LogP contribution is 2.32. The number of rotatable bonds is 7. The van der Waals surface area contributed by atoms with Crippen LogP contribution in [0.5, 0.6) is 0 Å². The van der Waals surface area contributed by atoms with Crippen molar-refractivity contribution in [2.75, 3.05) is 44.6 Å². The van der Waals surface area contributed by atoms with Crippen LogP contribution in [0.1, 0.15) is 5.56 Å². The molecule has 0 amide bonds. The molecule has 29 heavy (non-hydrogen) atoms. The number of hydrogen-bond donors (Lipinski definition) is 1. The third-order valence-corrected chi connectivity index (χ3v) is 5.40. The summed E-state index contributed by atoms with van der Waals surface area (Å²) < 4.78 is 0.